The first-order valence-electron chi connectivity index (χ1n) is 5.37. The highest BCUT2D eigenvalue weighted by Crippen LogP contribution is 2.01. The van der Waals surface area contributed by atoms with E-state index in [9.17, 15) is 4.79 Å². The minimum Gasteiger partial charge on any atom is -0.364 e. The number of urea groups is 1. The summed E-state index contributed by atoms with van der Waals surface area (Å²) < 4.78 is 4.72. The monoisotopic (exact) mass is 222 g/mol. The van der Waals surface area contributed by atoms with Crippen LogP contribution in [-0.2, 0) is 11.2 Å². The van der Waals surface area contributed by atoms with E-state index in [1.807, 2.05) is 18.2 Å². The average Bonchev–Trinajstić information content (AvgIpc) is 2.33. The van der Waals surface area contributed by atoms with Crippen LogP contribution in [0.4, 0.5) is 4.79 Å². The van der Waals surface area contributed by atoms with E-state index in [2.05, 4.69) is 22.8 Å². The van der Waals surface area contributed by atoms with Gasteiger partial charge in [-0.15, -0.1) is 0 Å². The predicted molar refractivity (Wildman–Crippen MR) is 63.2 cm³/mol. The second kappa shape index (κ2) is 7.70. The van der Waals surface area contributed by atoms with Crippen LogP contribution in [0.2, 0.25) is 0 Å². The molecule has 0 aromatic heterocycles. The van der Waals surface area contributed by atoms with Crippen molar-refractivity contribution < 1.29 is 9.53 Å². The van der Waals surface area contributed by atoms with E-state index in [-0.39, 0.29) is 12.8 Å². The summed E-state index contributed by atoms with van der Waals surface area (Å²) in [4.78, 5) is 11.1. The fourth-order valence-corrected chi connectivity index (χ4v) is 1.34. The number of ether oxygens (including phenoxy) is 1. The van der Waals surface area contributed by atoms with Gasteiger partial charge in [-0.3, -0.25) is 0 Å². The first kappa shape index (κ1) is 12.5. The summed E-state index contributed by atoms with van der Waals surface area (Å²) in [6.07, 6.45) is 1.91. The summed E-state index contributed by atoms with van der Waals surface area (Å²) in [5.41, 5.74) is 1.29. The molecule has 1 aromatic carbocycles. The first-order valence-corrected chi connectivity index (χ1v) is 5.37. The summed E-state index contributed by atoms with van der Waals surface area (Å²) in [6.45, 7) is 0.912. The Labute approximate surface area is 96.0 Å². The normalized spacial score (nSPS) is 9.81. The molecule has 4 heteroatoms. The Kier molecular flexibility index (Phi) is 6.03. The molecule has 0 aliphatic carbocycles. The summed E-state index contributed by atoms with van der Waals surface area (Å²) in [5, 5.41) is 5.32. The zero-order chi connectivity index (χ0) is 11.6. The van der Waals surface area contributed by atoms with Crippen LogP contribution in [0.15, 0.2) is 30.3 Å². The zero-order valence-corrected chi connectivity index (χ0v) is 9.53. The van der Waals surface area contributed by atoms with E-state index >= 15 is 0 Å². The van der Waals surface area contributed by atoms with Gasteiger partial charge < -0.3 is 15.4 Å². The minimum absolute atomic E-state index is 0.185. The second-order valence-electron chi connectivity index (χ2n) is 3.45. The lowest BCUT2D eigenvalue weighted by Gasteiger charge is -2.06. The van der Waals surface area contributed by atoms with Crippen molar-refractivity contribution in [3.05, 3.63) is 35.9 Å². The highest BCUT2D eigenvalue weighted by Gasteiger charge is 1.97. The van der Waals surface area contributed by atoms with Crippen LogP contribution in [0.1, 0.15) is 12.0 Å². The fourth-order valence-electron chi connectivity index (χ4n) is 1.34. The Morgan fingerprint density at radius 3 is 2.69 bits per heavy atom. The third-order valence-corrected chi connectivity index (χ3v) is 2.15. The Balaban J connectivity index is 2.06. The first-order chi connectivity index (χ1) is 7.83. The van der Waals surface area contributed by atoms with Gasteiger partial charge in [-0.05, 0) is 18.4 Å². The lowest BCUT2D eigenvalue weighted by molar-refractivity contribution is 0.172. The van der Waals surface area contributed by atoms with Gasteiger partial charge in [-0.1, -0.05) is 30.3 Å². The van der Waals surface area contributed by atoms with Crippen molar-refractivity contribution in [2.24, 2.45) is 0 Å². The van der Waals surface area contributed by atoms with Gasteiger partial charge in [0.1, 0.15) is 6.73 Å². The molecule has 0 saturated heterocycles. The second-order valence-corrected chi connectivity index (χ2v) is 3.45. The standard InChI is InChI=1S/C12H18N2O2/c1-16-10-14-12(15)13-9-5-8-11-6-3-2-4-7-11/h2-4,6-7H,5,8-10H2,1H3,(H2,13,14,15). The molecule has 0 unspecified atom stereocenters. The topological polar surface area (TPSA) is 50.4 Å². The molecule has 0 aliphatic heterocycles. The number of methoxy groups -OCH3 is 1. The van der Waals surface area contributed by atoms with Crippen molar-refractivity contribution in [2.45, 2.75) is 12.8 Å². The van der Waals surface area contributed by atoms with Crippen LogP contribution in [0.25, 0.3) is 0 Å². The number of aryl methyl sites for hydroxylation is 1. The van der Waals surface area contributed by atoms with Crippen molar-refractivity contribution in [2.75, 3.05) is 20.4 Å². The SMILES string of the molecule is COCNC(=O)NCCCc1ccccc1. The molecule has 0 heterocycles. The van der Waals surface area contributed by atoms with Crippen molar-refractivity contribution in [1.82, 2.24) is 10.6 Å². The van der Waals surface area contributed by atoms with Crippen molar-refractivity contribution >= 4 is 6.03 Å². The summed E-state index contributed by atoms with van der Waals surface area (Å²) in [6, 6.07) is 10.0. The van der Waals surface area contributed by atoms with Crippen LogP contribution in [0.5, 0.6) is 0 Å². The molecule has 0 aliphatic rings. The molecule has 2 amide bonds. The minimum atomic E-state index is -0.185. The van der Waals surface area contributed by atoms with Crippen molar-refractivity contribution in [3.8, 4) is 0 Å². The number of nitrogens with one attached hydrogen (secondary N) is 2. The molecule has 1 aromatic rings. The molecule has 2 N–H and O–H groups in total. The molecule has 0 bridgehead atoms. The lowest BCUT2D eigenvalue weighted by atomic mass is 10.1. The number of hydrogen-bond acceptors (Lipinski definition) is 2. The van der Waals surface area contributed by atoms with E-state index in [1.54, 1.807) is 0 Å². The largest absolute Gasteiger partial charge is 0.364 e. The average molecular weight is 222 g/mol. The molecule has 0 fully saturated rings. The van der Waals surface area contributed by atoms with Crippen LogP contribution < -0.4 is 10.6 Å². The van der Waals surface area contributed by atoms with Gasteiger partial charge in [0.15, 0.2) is 0 Å². The number of rotatable bonds is 6. The molecular formula is C12H18N2O2. The Morgan fingerprint density at radius 2 is 2.00 bits per heavy atom. The molecule has 0 spiro atoms. The van der Waals surface area contributed by atoms with Crippen LogP contribution >= 0.6 is 0 Å². The Morgan fingerprint density at radius 1 is 1.25 bits per heavy atom. The third-order valence-electron chi connectivity index (χ3n) is 2.15. The van der Waals surface area contributed by atoms with Gasteiger partial charge in [0.25, 0.3) is 0 Å². The molecule has 0 saturated carbocycles. The Bertz CT molecular complexity index is 301. The van der Waals surface area contributed by atoms with E-state index < -0.39 is 0 Å². The van der Waals surface area contributed by atoms with Crippen molar-refractivity contribution in [3.63, 3.8) is 0 Å². The third kappa shape index (κ3) is 5.36. The summed E-state index contributed by atoms with van der Waals surface area (Å²) >= 11 is 0. The maximum Gasteiger partial charge on any atom is 0.316 e. The van der Waals surface area contributed by atoms with Gasteiger partial charge in [0, 0.05) is 13.7 Å². The summed E-state index contributed by atoms with van der Waals surface area (Å²) in [5.74, 6) is 0. The molecule has 16 heavy (non-hydrogen) atoms. The zero-order valence-electron chi connectivity index (χ0n) is 9.53. The van der Waals surface area contributed by atoms with E-state index in [0.717, 1.165) is 12.8 Å². The smallest absolute Gasteiger partial charge is 0.316 e. The van der Waals surface area contributed by atoms with E-state index in [1.165, 1.54) is 12.7 Å². The molecule has 0 atom stereocenters. The van der Waals surface area contributed by atoms with E-state index in [0.29, 0.717) is 6.54 Å². The van der Waals surface area contributed by atoms with E-state index in [4.69, 9.17) is 4.74 Å². The number of carbonyl (C=O) groups excluding carboxylic acids is 1. The van der Waals surface area contributed by atoms with Gasteiger partial charge in [0.05, 0.1) is 0 Å². The molecule has 1 rings (SSSR count). The lowest BCUT2D eigenvalue weighted by Crippen LogP contribution is -2.37. The fraction of sp³-hybridized carbons (Fsp3) is 0.417. The number of hydrogen-bond donors (Lipinski definition) is 2. The Hall–Kier alpha value is -1.55. The maximum atomic E-state index is 11.1. The summed E-state index contributed by atoms with van der Waals surface area (Å²) in [7, 11) is 1.54. The number of benzene rings is 1. The van der Waals surface area contributed by atoms with Gasteiger partial charge in [0.2, 0.25) is 0 Å². The number of amides is 2. The predicted octanol–water partition coefficient (Wildman–Crippen LogP) is 1.52. The number of carbonyl (C=O) groups is 1. The maximum absolute atomic E-state index is 11.1. The molecule has 88 valence electrons. The quantitative estimate of drug-likeness (QED) is 0.566. The van der Waals surface area contributed by atoms with Crippen LogP contribution in [-0.4, -0.2) is 26.4 Å². The molecular weight excluding hydrogens is 204 g/mol. The molecule has 0 radical (unpaired) electrons. The van der Waals surface area contributed by atoms with Crippen LogP contribution in [0.3, 0.4) is 0 Å². The highest BCUT2D eigenvalue weighted by atomic mass is 16.5. The van der Waals surface area contributed by atoms with Crippen LogP contribution in [0, 0.1) is 0 Å². The van der Waals surface area contributed by atoms with Gasteiger partial charge in [-0.25, -0.2) is 4.79 Å². The van der Waals surface area contributed by atoms with Gasteiger partial charge >= 0.3 is 6.03 Å². The molecule has 4 nitrogen and oxygen atoms in total. The van der Waals surface area contributed by atoms with Gasteiger partial charge in [-0.2, -0.15) is 0 Å². The van der Waals surface area contributed by atoms with Crippen molar-refractivity contribution in [1.29, 1.82) is 0 Å². The highest BCUT2D eigenvalue weighted by molar-refractivity contribution is 5.73.